The van der Waals surface area contributed by atoms with E-state index < -0.39 is 0 Å². The van der Waals surface area contributed by atoms with E-state index in [1.165, 1.54) is 19.3 Å². The second kappa shape index (κ2) is 9.29. The first-order valence-electron chi connectivity index (χ1n) is 10.7. The van der Waals surface area contributed by atoms with E-state index in [2.05, 4.69) is 10.3 Å². The Kier molecular flexibility index (Phi) is 6.32. The lowest BCUT2D eigenvalue weighted by atomic mass is 9.96. The van der Waals surface area contributed by atoms with E-state index in [-0.39, 0.29) is 5.91 Å². The number of rotatable bonds is 6. The monoisotopic (exact) mass is 398 g/mol. The minimum atomic E-state index is -0.0128. The molecule has 1 atom stereocenters. The minimum absolute atomic E-state index is 0.0128. The van der Waals surface area contributed by atoms with E-state index in [0.29, 0.717) is 30.8 Å². The molecule has 1 aromatic heterocycles. The van der Waals surface area contributed by atoms with Gasteiger partial charge in [0, 0.05) is 19.0 Å². The molecule has 0 bridgehead atoms. The fourth-order valence-electron chi connectivity index (χ4n) is 4.33. The van der Waals surface area contributed by atoms with Gasteiger partial charge in [0.25, 0.3) is 5.91 Å². The molecule has 4 rings (SSSR count). The molecule has 2 aliphatic rings. The van der Waals surface area contributed by atoms with Gasteiger partial charge in [-0.25, -0.2) is 4.68 Å². The Bertz CT molecular complexity index is 799. The summed E-state index contributed by atoms with van der Waals surface area (Å²) in [6, 6.07) is 8.00. The topological polar surface area (TPSA) is 69.5 Å². The molecule has 7 nitrogen and oxygen atoms in total. The second-order valence-electron chi connectivity index (χ2n) is 8.12. The number of likely N-dealkylation sites (tertiary alicyclic amines) is 1. The third-order valence-electron chi connectivity index (χ3n) is 6.03. The highest BCUT2D eigenvalue weighted by atomic mass is 16.5. The molecule has 2 heterocycles. The maximum Gasteiger partial charge on any atom is 0.276 e. The molecule has 1 saturated heterocycles. The van der Waals surface area contributed by atoms with E-state index in [1.54, 1.807) is 7.11 Å². The van der Waals surface area contributed by atoms with Crippen molar-refractivity contribution in [2.45, 2.75) is 51.0 Å². The van der Waals surface area contributed by atoms with Gasteiger partial charge in [-0.05, 0) is 49.9 Å². The molecular formula is C22H30N4O3. The van der Waals surface area contributed by atoms with Gasteiger partial charge in [0.05, 0.1) is 26.0 Å². The minimum Gasteiger partial charge on any atom is -0.497 e. The standard InChI is InChI=1S/C22H30N4O3/c1-28-19-9-11-20(12-10-19)29-16-17-6-5-13-25(14-17)22(27)21-15-26(24-23-21)18-7-3-2-4-8-18/h9-12,15,17-18H,2-8,13-14,16H2,1H3. The zero-order valence-corrected chi connectivity index (χ0v) is 17.1. The number of nitrogens with zero attached hydrogens (tertiary/aromatic N) is 4. The predicted molar refractivity (Wildman–Crippen MR) is 109 cm³/mol. The molecule has 1 aromatic carbocycles. The van der Waals surface area contributed by atoms with Crippen LogP contribution in [0.2, 0.25) is 0 Å². The van der Waals surface area contributed by atoms with Gasteiger partial charge < -0.3 is 14.4 Å². The predicted octanol–water partition coefficient (Wildman–Crippen LogP) is 3.72. The van der Waals surface area contributed by atoms with Crippen LogP contribution >= 0.6 is 0 Å². The van der Waals surface area contributed by atoms with E-state index >= 15 is 0 Å². The summed E-state index contributed by atoms with van der Waals surface area (Å²) in [6.07, 6.45) is 9.91. The fraction of sp³-hybridized carbons (Fsp3) is 0.591. The summed E-state index contributed by atoms with van der Waals surface area (Å²) < 4.78 is 13.0. The Morgan fingerprint density at radius 1 is 1.07 bits per heavy atom. The van der Waals surface area contributed by atoms with Crippen LogP contribution in [0.25, 0.3) is 0 Å². The van der Waals surface area contributed by atoms with Crippen LogP contribution in [-0.2, 0) is 0 Å². The number of piperidine rings is 1. The number of benzene rings is 1. The Hall–Kier alpha value is -2.57. The number of carbonyl (C=O) groups excluding carboxylic acids is 1. The summed E-state index contributed by atoms with van der Waals surface area (Å²) in [7, 11) is 1.65. The molecule has 7 heteroatoms. The van der Waals surface area contributed by atoms with Crippen LogP contribution in [0.4, 0.5) is 0 Å². The van der Waals surface area contributed by atoms with E-state index in [4.69, 9.17) is 9.47 Å². The molecule has 1 aliphatic carbocycles. The van der Waals surface area contributed by atoms with Crippen molar-refractivity contribution in [1.29, 1.82) is 0 Å². The second-order valence-corrected chi connectivity index (χ2v) is 8.12. The molecule has 2 aromatic rings. The van der Waals surface area contributed by atoms with Crippen LogP contribution in [-0.4, -0.2) is 52.6 Å². The summed E-state index contributed by atoms with van der Waals surface area (Å²) in [5.41, 5.74) is 0.465. The number of hydrogen-bond acceptors (Lipinski definition) is 5. The highest BCUT2D eigenvalue weighted by Gasteiger charge is 2.27. The third kappa shape index (κ3) is 4.89. The van der Waals surface area contributed by atoms with Crippen LogP contribution < -0.4 is 9.47 Å². The summed E-state index contributed by atoms with van der Waals surface area (Å²) in [5, 5.41) is 8.43. The van der Waals surface area contributed by atoms with Crippen molar-refractivity contribution in [1.82, 2.24) is 19.9 Å². The SMILES string of the molecule is COc1ccc(OCC2CCCN(C(=O)c3cn(C4CCCCC4)nn3)C2)cc1. The molecule has 29 heavy (non-hydrogen) atoms. The van der Waals surface area contributed by atoms with Crippen molar-refractivity contribution < 1.29 is 14.3 Å². The molecule has 156 valence electrons. The van der Waals surface area contributed by atoms with Gasteiger partial charge in [-0.1, -0.05) is 24.5 Å². The first kappa shape index (κ1) is 19.7. The Morgan fingerprint density at radius 3 is 2.59 bits per heavy atom. The first-order valence-corrected chi connectivity index (χ1v) is 10.7. The summed E-state index contributed by atoms with van der Waals surface area (Å²) in [5.74, 6) is 1.95. The number of ether oxygens (including phenoxy) is 2. The van der Waals surface area contributed by atoms with Crippen molar-refractivity contribution in [3.63, 3.8) is 0 Å². The average Bonchev–Trinajstić information content (AvgIpc) is 3.29. The van der Waals surface area contributed by atoms with Crippen LogP contribution in [0.3, 0.4) is 0 Å². The van der Waals surface area contributed by atoms with Crippen molar-refractivity contribution in [2.24, 2.45) is 5.92 Å². The molecule has 0 radical (unpaired) electrons. The number of hydrogen-bond donors (Lipinski definition) is 0. The third-order valence-corrected chi connectivity index (χ3v) is 6.03. The molecule has 1 aliphatic heterocycles. The Balaban J connectivity index is 1.31. The zero-order chi connectivity index (χ0) is 20.1. The molecule has 1 amide bonds. The van der Waals surface area contributed by atoms with Gasteiger partial charge in [-0.2, -0.15) is 0 Å². The van der Waals surface area contributed by atoms with Gasteiger partial charge in [0.1, 0.15) is 11.5 Å². The average molecular weight is 399 g/mol. The summed E-state index contributed by atoms with van der Waals surface area (Å²) >= 11 is 0. The zero-order valence-electron chi connectivity index (χ0n) is 17.1. The van der Waals surface area contributed by atoms with Crippen LogP contribution in [0, 0.1) is 5.92 Å². The molecule has 0 spiro atoms. The largest absolute Gasteiger partial charge is 0.497 e. The lowest BCUT2D eigenvalue weighted by Gasteiger charge is -2.32. The van der Waals surface area contributed by atoms with Crippen molar-refractivity contribution in [2.75, 3.05) is 26.8 Å². The van der Waals surface area contributed by atoms with E-state index in [0.717, 1.165) is 43.7 Å². The lowest BCUT2D eigenvalue weighted by Crippen LogP contribution is -2.41. The Morgan fingerprint density at radius 2 is 1.83 bits per heavy atom. The number of methoxy groups -OCH3 is 1. The van der Waals surface area contributed by atoms with Crippen LogP contribution in [0.15, 0.2) is 30.5 Å². The summed E-state index contributed by atoms with van der Waals surface area (Å²) in [6.45, 7) is 2.07. The summed E-state index contributed by atoms with van der Waals surface area (Å²) in [4.78, 5) is 14.8. The van der Waals surface area contributed by atoms with Gasteiger partial charge in [0.2, 0.25) is 0 Å². The number of aromatic nitrogens is 3. The molecule has 1 unspecified atom stereocenters. The number of carbonyl (C=O) groups is 1. The Labute approximate surface area is 172 Å². The molecule has 2 fully saturated rings. The van der Waals surface area contributed by atoms with Crippen molar-refractivity contribution in [3.8, 4) is 11.5 Å². The van der Waals surface area contributed by atoms with Crippen LogP contribution in [0.5, 0.6) is 11.5 Å². The normalized spacial score (nSPS) is 20.4. The van der Waals surface area contributed by atoms with Gasteiger partial charge in [-0.3, -0.25) is 4.79 Å². The van der Waals surface area contributed by atoms with Gasteiger partial charge in [0.15, 0.2) is 5.69 Å². The fourth-order valence-corrected chi connectivity index (χ4v) is 4.33. The van der Waals surface area contributed by atoms with Gasteiger partial charge in [-0.15, -0.1) is 5.10 Å². The van der Waals surface area contributed by atoms with Gasteiger partial charge >= 0.3 is 0 Å². The van der Waals surface area contributed by atoms with E-state index in [9.17, 15) is 4.79 Å². The maximum absolute atomic E-state index is 12.9. The molecular weight excluding hydrogens is 368 g/mol. The lowest BCUT2D eigenvalue weighted by molar-refractivity contribution is 0.0627. The van der Waals surface area contributed by atoms with Crippen molar-refractivity contribution in [3.05, 3.63) is 36.2 Å². The van der Waals surface area contributed by atoms with E-state index in [1.807, 2.05) is 40.0 Å². The quantitative estimate of drug-likeness (QED) is 0.742. The first-order chi connectivity index (χ1) is 14.2. The van der Waals surface area contributed by atoms with Crippen LogP contribution in [0.1, 0.15) is 61.5 Å². The highest BCUT2D eigenvalue weighted by Crippen LogP contribution is 2.27. The maximum atomic E-state index is 12.9. The highest BCUT2D eigenvalue weighted by molar-refractivity contribution is 5.92. The smallest absolute Gasteiger partial charge is 0.276 e. The van der Waals surface area contributed by atoms with Crippen molar-refractivity contribution >= 4 is 5.91 Å². The number of amides is 1. The molecule has 1 saturated carbocycles. The molecule has 0 N–H and O–H groups in total.